The molecule has 1 aliphatic rings. The molecular formula is C20H17Cl2FO4S. The van der Waals surface area contributed by atoms with E-state index in [9.17, 15) is 14.0 Å². The zero-order valence-electron chi connectivity index (χ0n) is 14.8. The third-order valence-electron chi connectivity index (χ3n) is 4.30. The van der Waals surface area contributed by atoms with Crippen molar-refractivity contribution in [2.75, 3.05) is 6.61 Å². The predicted molar refractivity (Wildman–Crippen MR) is 108 cm³/mol. The van der Waals surface area contributed by atoms with E-state index in [-0.39, 0.29) is 17.4 Å². The van der Waals surface area contributed by atoms with Crippen LogP contribution < -0.4 is 0 Å². The Morgan fingerprint density at radius 2 is 1.46 bits per heavy atom. The van der Waals surface area contributed by atoms with Crippen LogP contribution in [0.1, 0.15) is 27.6 Å². The van der Waals surface area contributed by atoms with Gasteiger partial charge in [0.15, 0.2) is 0 Å². The van der Waals surface area contributed by atoms with E-state index >= 15 is 0 Å². The van der Waals surface area contributed by atoms with Gasteiger partial charge in [-0.05, 0) is 48.5 Å². The molecule has 1 unspecified atom stereocenters. The number of hydrogen-bond acceptors (Lipinski definition) is 5. The Morgan fingerprint density at radius 1 is 0.964 bits per heavy atom. The molecule has 8 heteroatoms. The number of benzene rings is 2. The van der Waals surface area contributed by atoms with Crippen LogP contribution in [-0.4, -0.2) is 41.3 Å². The first-order valence-corrected chi connectivity index (χ1v) is 10.2. The summed E-state index contributed by atoms with van der Waals surface area (Å²) in [5.41, 5.74) is 0.616. The Morgan fingerprint density at radius 3 is 2.00 bits per heavy atom. The van der Waals surface area contributed by atoms with Crippen LogP contribution in [-0.2, 0) is 9.47 Å². The van der Waals surface area contributed by atoms with Gasteiger partial charge < -0.3 is 9.47 Å². The van der Waals surface area contributed by atoms with Gasteiger partial charge in [-0.25, -0.2) is 14.0 Å². The molecule has 0 saturated carbocycles. The lowest BCUT2D eigenvalue weighted by atomic mass is 10.1. The van der Waals surface area contributed by atoms with Crippen LogP contribution >= 0.6 is 35.0 Å². The normalized spacial score (nSPS) is 24.0. The van der Waals surface area contributed by atoms with Crippen molar-refractivity contribution in [3.8, 4) is 0 Å². The van der Waals surface area contributed by atoms with Crippen LogP contribution in [0.2, 0.25) is 10.0 Å². The molecule has 148 valence electrons. The topological polar surface area (TPSA) is 52.6 Å². The molecule has 0 aliphatic carbocycles. The first kappa shape index (κ1) is 21.0. The predicted octanol–water partition coefficient (Wildman–Crippen LogP) is 5.22. The first-order valence-electron chi connectivity index (χ1n) is 8.54. The summed E-state index contributed by atoms with van der Waals surface area (Å²) in [4.78, 5) is 24.5. The number of alkyl halides is 1. The van der Waals surface area contributed by atoms with Crippen molar-refractivity contribution in [2.45, 2.75) is 29.7 Å². The van der Waals surface area contributed by atoms with E-state index in [4.69, 9.17) is 32.7 Å². The van der Waals surface area contributed by atoms with Gasteiger partial charge in [0.1, 0.15) is 18.9 Å². The van der Waals surface area contributed by atoms with Crippen LogP contribution in [0, 0.1) is 0 Å². The SMILES string of the molecule is CC1S[C@H](COC(=O)c2ccc(Cl)cc2)[C@@H](OC(=O)c2ccc(Cl)cc2)[C@@H]1F. The summed E-state index contributed by atoms with van der Waals surface area (Å²) in [7, 11) is 0. The number of rotatable bonds is 5. The van der Waals surface area contributed by atoms with Gasteiger partial charge >= 0.3 is 11.9 Å². The summed E-state index contributed by atoms with van der Waals surface area (Å²) >= 11 is 12.9. The summed E-state index contributed by atoms with van der Waals surface area (Å²) in [5, 5.41) is 0.0999. The minimum Gasteiger partial charge on any atom is -0.461 e. The van der Waals surface area contributed by atoms with Crippen LogP contribution in [0.3, 0.4) is 0 Å². The minimum atomic E-state index is -1.36. The van der Waals surface area contributed by atoms with Crippen molar-refractivity contribution in [2.24, 2.45) is 0 Å². The highest BCUT2D eigenvalue weighted by molar-refractivity contribution is 8.00. The molecule has 1 heterocycles. The number of esters is 2. The van der Waals surface area contributed by atoms with Crippen molar-refractivity contribution < 1.29 is 23.5 Å². The average Bonchev–Trinajstić information content (AvgIpc) is 2.95. The largest absolute Gasteiger partial charge is 0.461 e. The van der Waals surface area contributed by atoms with Crippen molar-refractivity contribution >= 4 is 46.9 Å². The van der Waals surface area contributed by atoms with Gasteiger partial charge in [0, 0.05) is 15.3 Å². The van der Waals surface area contributed by atoms with Gasteiger partial charge in [0.05, 0.1) is 16.4 Å². The van der Waals surface area contributed by atoms with Gasteiger partial charge in [-0.1, -0.05) is 30.1 Å². The fraction of sp³-hybridized carbons (Fsp3) is 0.300. The average molecular weight is 443 g/mol. The summed E-state index contributed by atoms with van der Waals surface area (Å²) in [6, 6.07) is 12.4. The quantitative estimate of drug-likeness (QED) is 0.594. The van der Waals surface area contributed by atoms with E-state index in [1.807, 2.05) is 0 Å². The zero-order chi connectivity index (χ0) is 20.3. The van der Waals surface area contributed by atoms with E-state index in [1.54, 1.807) is 43.3 Å². The Balaban J connectivity index is 1.63. The molecule has 1 saturated heterocycles. The second-order valence-corrected chi connectivity index (χ2v) is 8.80. The van der Waals surface area contributed by atoms with Crippen molar-refractivity contribution in [1.29, 1.82) is 0 Å². The summed E-state index contributed by atoms with van der Waals surface area (Å²) < 4.78 is 25.3. The lowest BCUT2D eigenvalue weighted by molar-refractivity contribution is 0.00209. The fourth-order valence-electron chi connectivity index (χ4n) is 2.78. The monoisotopic (exact) mass is 442 g/mol. The van der Waals surface area contributed by atoms with Crippen molar-refractivity contribution in [3.05, 3.63) is 69.7 Å². The highest BCUT2D eigenvalue weighted by atomic mass is 35.5. The molecule has 1 aliphatic heterocycles. The molecule has 0 spiro atoms. The smallest absolute Gasteiger partial charge is 0.338 e. The Labute approximate surface area is 176 Å². The van der Waals surface area contributed by atoms with Gasteiger partial charge in [-0.15, -0.1) is 11.8 Å². The Kier molecular flexibility index (Phi) is 6.86. The molecular weight excluding hydrogens is 426 g/mol. The third-order valence-corrected chi connectivity index (χ3v) is 6.25. The van der Waals surface area contributed by atoms with Gasteiger partial charge in [-0.3, -0.25) is 0 Å². The zero-order valence-corrected chi connectivity index (χ0v) is 17.1. The molecule has 3 rings (SSSR count). The number of ether oxygens (including phenoxy) is 2. The molecule has 28 heavy (non-hydrogen) atoms. The molecule has 0 N–H and O–H groups in total. The van der Waals surface area contributed by atoms with Crippen LogP contribution in [0.5, 0.6) is 0 Å². The Hall–Kier alpha value is -1.76. The first-order chi connectivity index (χ1) is 13.3. The molecule has 1 fully saturated rings. The van der Waals surface area contributed by atoms with Crippen LogP contribution in [0.25, 0.3) is 0 Å². The highest BCUT2D eigenvalue weighted by Gasteiger charge is 2.45. The number of thioether (sulfide) groups is 1. The number of halogens is 3. The van der Waals surface area contributed by atoms with Crippen LogP contribution in [0.4, 0.5) is 4.39 Å². The maximum atomic E-state index is 14.6. The fourth-order valence-corrected chi connectivity index (χ4v) is 4.40. The number of carbonyl (C=O) groups is 2. The van der Waals surface area contributed by atoms with E-state index in [0.717, 1.165) is 0 Å². The van der Waals surface area contributed by atoms with E-state index in [2.05, 4.69) is 0 Å². The lowest BCUT2D eigenvalue weighted by Gasteiger charge is -2.20. The van der Waals surface area contributed by atoms with Crippen LogP contribution in [0.15, 0.2) is 48.5 Å². The Bertz CT molecular complexity index is 844. The number of hydrogen-bond donors (Lipinski definition) is 0. The van der Waals surface area contributed by atoms with Crippen molar-refractivity contribution in [3.63, 3.8) is 0 Å². The maximum absolute atomic E-state index is 14.6. The molecule has 2 aromatic carbocycles. The molecule has 0 amide bonds. The number of carbonyl (C=O) groups excluding carboxylic acids is 2. The van der Waals surface area contributed by atoms with Crippen molar-refractivity contribution in [1.82, 2.24) is 0 Å². The van der Waals surface area contributed by atoms with Gasteiger partial charge in [0.25, 0.3) is 0 Å². The summed E-state index contributed by atoms with van der Waals surface area (Å²) in [5.74, 6) is -1.19. The van der Waals surface area contributed by atoms with Gasteiger partial charge in [-0.2, -0.15) is 0 Å². The standard InChI is InChI=1S/C20H17Cl2FO4S/c1-11-17(23)18(27-20(25)13-4-8-15(22)9-5-13)16(28-11)10-26-19(24)12-2-6-14(21)7-3-12/h2-9,11,16-18H,10H2,1H3/t11?,16-,17-,18-/m1/s1. The van der Waals surface area contributed by atoms with E-state index in [1.165, 1.54) is 23.9 Å². The highest BCUT2D eigenvalue weighted by Crippen LogP contribution is 2.38. The molecule has 0 aromatic heterocycles. The molecule has 4 nitrogen and oxygen atoms in total. The molecule has 0 bridgehead atoms. The second kappa shape index (κ2) is 9.16. The maximum Gasteiger partial charge on any atom is 0.338 e. The molecule has 4 atom stereocenters. The van der Waals surface area contributed by atoms with E-state index < -0.39 is 29.5 Å². The van der Waals surface area contributed by atoms with E-state index in [0.29, 0.717) is 15.6 Å². The molecule has 0 radical (unpaired) electrons. The van der Waals surface area contributed by atoms with Gasteiger partial charge in [0.2, 0.25) is 0 Å². The second-order valence-electron chi connectivity index (χ2n) is 6.31. The lowest BCUT2D eigenvalue weighted by Crippen LogP contribution is -2.36. The molecule has 2 aromatic rings. The summed E-state index contributed by atoms with van der Waals surface area (Å²) in [6.07, 6.45) is -2.37. The summed E-state index contributed by atoms with van der Waals surface area (Å²) in [6.45, 7) is 1.63. The third kappa shape index (κ3) is 4.99. The minimum absolute atomic E-state index is 0.0740.